The van der Waals surface area contributed by atoms with E-state index in [0.29, 0.717) is 5.92 Å². The molecule has 0 atom stereocenters. The molecule has 1 aliphatic heterocycles. The highest BCUT2D eigenvalue weighted by Gasteiger charge is 2.27. The van der Waals surface area contributed by atoms with Crippen LogP contribution in [0.3, 0.4) is 0 Å². The van der Waals surface area contributed by atoms with Crippen LogP contribution in [0.1, 0.15) is 45.9 Å². The van der Waals surface area contributed by atoms with Gasteiger partial charge in [0.05, 0.1) is 0 Å². The fourth-order valence-corrected chi connectivity index (χ4v) is 4.07. The molecule has 1 amide bonds. The number of hydrogen-bond acceptors (Lipinski definition) is 1. The predicted octanol–water partition coefficient (Wildman–Crippen LogP) is 4.80. The Hall–Kier alpha value is -2.55. The molecular weight excluding hydrogens is 308 g/mol. The molecule has 0 bridgehead atoms. The Kier molecular flexibility index (Phi) is 4.08. The Morgan fingerprint density at radius 1 is 1.00 bits per heavy atom. The van der Waals surface area contributed by atoms with E-state index in [4.69, 9.17) is 0 Å². The van der Waals surface area contributed by atoms with Gasteiger partial charge in [-0.15, -0.1) is 0 Å². The quantitative estimate of drug-likeness (QED) is 0.718. The van der Waals surface area contributed by atoms with E-state index in [2.05, 4.69) is 36.2 Å². The summed E-state index contributed by atoms with van der Waals surface area (Å²) in [6, 6.07) is 16.4. The normalized spacial score (nSPS) is 15.7. The first-order valence-corrected chi connectivity index (χ1v) is 9.06. The predicted molar refractivity (Wildman–Crippen MR) is 102 cm³/mol. The highest BCUT2D eigenvalue weighted by atomic mass is 16.2. The highest BCUT2D eigenvalue weighted by molar-refractivity contribution is 5.94. The molecule has 25 heavy (non-hydrogen) atoms. The number of nitrogens with one attached hydrogen (secondary N) is 1. The molecule has 0 unspecified atom stereocenters. The second-order valence-electron chi connectivity index (χ2n) is 7.14. The van der Waals surface area contributed by atoms with E-state index in [1.54, 1.807) is 0 Å². The van der Waals surface area contributed by atoms with Gasteiger partial charge in [0.25, 0.3) is 5.91 Å². The number of nitrogens with zero attached hydrogens (tertiary/aromatic N) is 1. The minimum atomic E-state index is 0.161. The van der Waals surface area contributed by atoms with Gasteiger partial charge in [-0.2, -0.15) is 0 Å². The van der Waals surface area contributed by atoms with Gasteiger partial charge >= 0.3 is 0 Å². The van der Waals surface area contributed by atoms with Crippen molar-refractivity contribution in [1.29, 1.82) is 0 Å². The number of para-hydroxylation sites is 1. The first-order chi connectivity index (χ1) is 12.1. The molecule has 1 aromatic heterocycles. The number of fused-ring (bicyclic) bond motifs is 1. The van der Waals surface area contributed by atoms with Crippen LogP contribution in [-0.2, 0) is 0 Å². The average Bonchev–Trinajstić information content (AvgIpc) is 2.97. The number of carbonyl (C=O) groups is 1. The summed E-state index contributed by atoms with van der Waals surface area (Å²) >= 11 is 0. The molecule has 1 aliphatic rings. The van der Waals surface area contributed by atoms with Gasteiger partial charge < -0.3 is 9.88 Å². The molecule has 128 valence electrons. The van der Waals surface area contributed by atoms with Crippen molar-refractivity contribution in [2.45, 2.75) is 32.6 Å². The van der Waals surface area contributed by atoms with Crippen molar-refractivity contribution in [2.75, 3.05) is 13.1 Å². The second kappa shape index (κ2) is 6.40. The molecule has 0 radical (unpaired) electrons. The zero-order valence-corrected chi connectivity index (χ0v) is 14.9. The van der Waals surface area contributed by atoms with Gasteiger partial charge in [-0.25, -0.2) is 0 Å². The van der Waals surface area contributed by atoms with Crippen LogP contribution in [0.5, 0.6) is 0 Å². The number of benzene rings is 2. The van der Waals surface area contributed by atoms with Gasteiger partial charge in [0.2, 0.25) is 0 Å². The molecular formula is C22H24N2O. The van der Waals surface area contributed by atoms with Gasteiger partial charge in [0.15, 0.2) is 0 Å². The third-order valence-electron chi connectivity index (χ3n) is 5.43. The Morgan fingerprint density at radius 2 is 1.68 bits per heavy atom. The average molecular weight is 332 g/mol. The number of rotatable bonds is 2. The van der Waals surface area contributed by atoms with E-state index >= 15 is 0 Å². The van der Waals surface area contributed by atoms with Crippen LogP contribution in [0, 0.1) is 13.8 Å². The van der Waals surface area contributed by atoms with E-state index in [0.717, 1.165) is 31.5 Å². The molecule has 0 spiro atoms. The largest absolute Gasteiger partial charge is 0.358 e. The van der Waals surface area contributed by atoms with Crippen LogP contribution < -0.4 is 0 Å². The standard InChI is InChI=1S/C22H24N2O/c1-15-7-9-18(10-8-15)22(25)24-13-11-17(12-14-24)21-16(2)23-20-6-4-3-5-19(20)21/h3-10,17,23H,11-14H2,1-2H3. The van der Waals surface area contributed by atoms with E-state index in [9.17, 15) is 4.79 Å². The van der Waals surface area contributed by atoms with Crippen molar-refractivity contribution in [3.8, 4) is 0 Å². The van der Waals surface area contributed by atoms with E-state index in [1.807, 2.05) is 36.1 Å². The molecule has 4 rings (SSSR count). The summed E-state index contributed by atoms with van der Waals surface area (Å²) in [5.41, 5.74) is 5.91. The van der Waals surface area contributed by atoms with Crippen LogP contribution >= 0.6 is 0 Å². The number of hydrogen-bond donors (Lipinski definition) is 1. The highest BCUT2D eigenvalue weighted by Crippen LogP contribution is 2.35. The molecule has 1 N–H and O–H groups in total. The summed E-state index contributed by atoms with van der Waals surface area (Å²) in [5, 5.41) is 1.34. The molecule has 1 saturated heterocycles. The number of aromatic nitrogens is 1. The zero-order valence-electron chi connectivity index (χ0n) is 14.9. The Balaban J connectivity index is 1.50. The second-order valence-corrected chi connectivity index (χ2v) is 7.14. The SMILES string of the molecule is Cc1ccc(C(=O)N2CCC(c3c(C)[nH]c4ccccc34)CC2)cc1. The number of likely N-dealkylation sites (tertiary alicyclic amines) is 1. The van der Waals surface area contributed by atoms with E-state index < -0.39 is 0 Å². The molecule has 3 aromatic rings. The zero-order chi connectivity index (χ0) is 17.4. The van der Waals surface area contributed by atoms with Crippen LogP contribution in [0.15, 0.2) is 48.5 Å². The molecule has 0 saturated carbocycles. The fraction of sp³-hybridized carbons (Fsp3) is 0.318. The molecule has 0 aliphatic carbocycles. The Morgan fingerprint density at radius 3 is 2.40 bits per heavy atom. The molecule has 3 heteroatoms. The number of piperidine rings is 1. The molecule has 2 aromatic carbocycles. The summed E-state index contributed by atoms with van der Waals surface area (Å²) in [6.45, 7) is 5.87. The number of amides is 1. The van der Waals surface area contributed by atoms with Crippen molar-refractivity contribution in [3.63, 3.8) is 0 Å². The maximum Gasteiger partial charge on any atom is 0.253 e. The minimum Gasteiger partial charge on any atom is -0.358 e. The van der Waals surface area contributed by atoms with Crippen LogP contribution in [0.25, 0.3) is 10.9 Å². The Bertz CT molecular complexity index is 899. The lowest BCUT2D eigenvalue weighted by Crippen LogP contribution is -2.38. The van der Waals surface area contributed by atoms with Crippen molar-refractivity contribution >= 4 is 16.8 Å². The van der Waals surface area contributed by atoms with Crippen molar-refractivity contribution < 1.29 is 4.79 Å². The lowest BCUT2D eigenvalue weighted by atomic mass is 9.87. The van der Waals surface area contributed by atoms with Crippen LogP contribution in [0.2, 0.25) is 0 Å². The number of aryl methyl sites for hydroxylation is 2. The van der Waals surface area contributed by atoms with Gasteiger partial charge in [-0.1, -0.05) is 35.9 Å². The van der Waals surface area contributed by atoms with Gasteiger partial charge in [0, 0.05) is 35.2 Å². The topological polar surface area (TPSA) is 36.1 Å². The van der Waals surface area contributed by atoms with Crippen LogP contribution in [0.4, 0.5) is 0 Å². The summed E-state index contributed by atoms with van der Waals surface area (Å²) < 4.78 is 0. The maximum absolute atomic E-state index is 12.7. The van der Waals surface area contributed by atoms with E-state index in [1.165, 1.54) is 27.7 Å². The summed E-state index contributed by atoms with van der Waals surface area (Å²) in [7, 11) is 0. The Labute approximate surface area is 148 Å². The third-order valence-corrected chi connectivity index (χ3v) is 5.43. The lowest BCUT2D eigenvalue weighted by molar-refractivity contribution is 0.0713. The first-order valence-electron chi connectivity index (χ1n) is 9.06. The van der Waals surface area contributed by atoms with Crippen LogP contribution in [-0.4, -0.2) is 28.9 Å². The van der Waals surface area contributed by atoms with Gasteiger partial charge in [0.1, 0.15) is 0 Å². The van der Waals surface area contributed by atoms with Crippen molar-refractivity contribution in [2.24, 2.45) is 0 Å². The molecule has 3 nitrogen and oxygen atoms in total. The smallest absolute Gasteiger partial charge is 0.253 e. The minimum absolute atomic E-state index is 0.161. The first kappa shape index (κ1) is 15.9. The van der Waals surface area contributed by atoms with Crippen molar-refractivity contribution in [1.82, 2.24) is 9.88 Å². The lowest BCUT2D eigenvalue weighted by Gasteiger charge is -2.32. The summed E-state index contributed by atoms with van der Waals surface area (Å²) in [4.78, 5) is 18.2. The summed E-state index contributed by atoms with van der Waals surface area (Å²) in [5.74, 6) is 0.687. The molecule has 1 fully saturated rings. The fourth-order valence-electron chi connectivity index (χ4n) is 4.07. The molecule has 2 heterocycles. The van der Waals surface area contributed by atoms with Gasteiger partial charge in [-0.3, -0.25) is 4.79 Å². The maximum atomic E-state index is 12.7. The number of H-pyrrole nitrogens is 1. The monoisotopic (exact) mass is 332 g/mol. The van der Waals surface area contributed by atoms with Gasteiger partial charge in [-0.05, 0) is 56.4 Å². The number of carbonyl (C=O) groups excluding carboxylic acids is 1. The number of aromatic amines is 1. The summed E-state index contributed by atoms with van der Waals surface area (Å²) in [6.07, 6.45) is 2.06. The van der Waals surface area contributed by atoms with Crippen molar-refractivity contribution in [3.05, 3.63) is 70.9 Å². The van der Waals surface area contributed by atoms with E-state index in [-0.39, 0.29) is 5.91 Å². The third kappa shape index (κ3) is 2.95.